The second-order valence-corrected chi connectivity index (χ2v) is 8.69. The molecule has 0 spiro atoms. The summed E-state index contributed by atoms with van der Waals surface area (Å²) in [4.78, 5) is 27.2. The van der Waals surface area contributed by atoms with Gasteiger partial charge in [-0.05, 0) is 37.0 Å². The van der Waals surface area contributed by atoms with Gasteiger partial charge in [0.2, 0.25) is 5.91 Å². The Morgan fingerprint density at radius 1 is 1.16 bits per heavy atom. The van der Waals surface area contributed by atoms with Crippen LogP contribution in [0.2, 0.25) is 0 Å². The highest BCUT2D eigenvalue weighted by Crippen LogP contribution is 2.24. The largest absolute Gasteiger partial charge is 0.497 e. The molecule has 7 nitrogen and oxygen atoms in total. The lowest BCUT2D eigenvalue weighted by atomic mass is 9.93. The molecule has 0 aliphatic heterocycles. The van der Waals surface area contributed by atoms with E-state index in [1.165, 1.54) is 0 Å². The Morgan fingerprint density at radius 3 is 2.35 bits per heavy atom. The average molecular weight is 430 g/mol. The van der Waals surface area contributed by atoms with Gasteiger partial charge >= 0.3 is 0 Å². The third-order valence-electron chi connectivity index (χ3n) is 5.26. The Morgan fingerprint density at radius 2 is 1.81 bits per heavy atom. The van der Waals surface area contributed by atoms with Crippen molar-refractivity contribution in [2.24, 2.45) is 5.41 Å². The fraction of sp³-hybridized carbons (Fsp3) is 0.542. The molecule has 0 saturated carbocycles. The van der Waals surface area contributed by atoms with Crippen molar-refractivity contribution in [2.45, 2.75) is 66.5 Å². The van der Waals surface area contributed by atoms with E-state index < -0.39 is 5.41 Å². The number of amides is 2. The van der Waals surface area contributed by atoms with E-state index in [1.807, 2.05) is 49.9 Å². The van der Waals surface area contributed by atoms with Crippen molar-refractivity contribution in [3.63, 3.8) is 0 Å². The average Bonchev–Trinajstić information content (AvgIpc) is 3.22. The van der Waals surface area contributed by atoms with Crippen molar-refractivity contribution in [2.75, 3.05) is 13.7 Å². The van der Waals surface area contributed by atoms with Crippen LogP contribution in [0.3, 0.4) is 0 Å². The molecule has 0 radical (unpaired) electrons. The van der Waals surface area contributed by atoms with Gasteiger partial charge in [0.15, 0.2) is 11.5 Å². The smallest absolute Gasteiger partial charge is 0.273 e. The van der Waals surface area contributed by atoms with Gasteiger partial charge in [0, 0.05) is 24.1 Å². The number of carbonyl (C=O) groups is 2. The Balaban J connectivity index is 1.98. The quantitative estimate of drug-likeness (QED) is 0.611. The van der Waals surface area contributed by atoms with Crippen LogP contribution in [-0.2, 0) is 17.8 Å². The highest BCUT2D eigenvalue weighted by molar-refractivity contribution is 5.92. The maximum atomic E-state index is 13.0. The Bertz CT molecular complexity index is 848. The van der Waals surface area contributed by atoms with E-state index in [2.05, 4.69) is 24.3 Å². The minimum absolute atomic E-state index is 0.0584. The van der Waals surface area contributed by atoms with Gasteiger partial charge in [-0.15, -0.1) is 0 Å². The highest BCUT2D eigenvalue weighted by atomic mass is 16.5. The second-order valence-electron chi connectivity index (χ2n) is 8.69. The molecule has 0 bridgehead atoms. The number of ether oxygens (including phenoxy) is 1. The molecule has 31 heavy (non-hydrogen) atoms. The van der Waals surface area contributed by atoms with E-state index in [0.29, 0.717) is 25.3 Å². The molecule has 1 aromatic heterocycles. The van der Waals surface area contributed by atoms with Crippen molar-refractivity contribution in [3.05, 3.63) is 47.3 Å². The molecule has 1 heterocycles. The Hall–Kier alpha value is -2.83. The number of nitrogens with one attached hydrogen (secondary N) is 1. The van der Waals surface area contributed by atoms with E-state index in [4.69, 9.17) is 9.26 Å². The van der Waals surface area contributed by atoms with Crippen LogP contribution in [0, 0.1) is 5.41 Å². The molecule has 1 aromatic carbocycles. The van der Waals surface area contributed by atoms with Gasteiger partial charge in [0.05, 0.1) is 13.7 Å². The van der Waals surface area contributed by atoms with E-state index in [1.54, 1.807) is 13.2 Å². The van der Waals surface area contributed by atoms with Crippen molar-refractivity contribution < 1.29 is 18.8 Å². The van der Waals surface area contributed by atoms with Gasteiger partial charge in [-0.25, -0.2) is 0 Å². The zero-order valence-corrected chi connectivity index (χ0v) is 19.5. The maximum absolute atomic E-state index is 13.0. The van der Waals surface area contributed by atoms with Crippen molar-refractivity contribution >= 4 is 11.8 Å². The van der Waals surface area contributed by atoms with E-state index in [-0.39, 0.29) is 23.6 Å². The molecule has 0 aliphatic rings. The number of aromatic nitrogens is 1. The molecule has 0 atom stereocenters. The van der Waals surface area contributed by atoms with Crippen molar-refractivity contribution in [3.8, 4) is 5.75 Å². The molecule has 0 fully saturated rings. The van der Waals surface area contributed by atoms with Crippen LogP contribution >= 0.6 is 0 Å². The number of methoxy groups -OCH3 is 1. The Kier molecular flexibility index (Phi) is 8.65. The highest BCUT2D eigenvalue weighted by Gasteiger charge is 2.31. The summed E-state index contributed by atoms with van der Waals surface area (Å²) >= 11 is 0. The van der Waals surface area contributed by atoms with Crippen LogP contribution in [0.15, 0.2) is 34.9 Å². The lowest BCUT2D eigenvalue weighted by Gasteiger charge is -2.34. The molecular formula is C24H35N3O4. The number of benzene rings is 1. The summed E-state index contributed by atoms with van der Waals surface area (Å²) in [5.41, 5.74) is 0.825. The maximum Gasteiger partial charge on any atom is 0.273 e. The molecule has 0 unspecified atom stereocenters. The third kappa shape index (κ3) is 6.84. The number of nitrogens with zero attached hydrogens (tertiary/aromatic N) is 2. The molecule has 2 amide bonds. The molecule has 2 aromatic rings. The molecular weight excluding hydrogens is 394 g/mol. The minimum Gasteiger partial charge on any atom is -0.497 e. The number of hydrogen-bond donors (Lipinski definition) is 1. The van der Waals surface area contributed by atoms with E-state index >= 15 is 0 Å². The SMILES string of the molecule is CCC(CC)N(Cc1cc(C(=O)NCCc2ccc(OC)cc2)no1)C(=O)C(C)(C)C. The number of hydrogen-bond acceptors (Lipinski definition) is 5. The first-order valence-electron chi connectivity index (χ1n) is 10.9. The van der Waals surface area contributed by atoms with Gasteiger partial charge in [0.25, 0.3) is 5.91 Å². The first kappa shape index (κ1) is 24.4. The lowest BCUT2D eigenvalue weighted by Crippen LogP contribution is -2.45. The zero-order chi connectivity index (χ0) is 23.0. The third-order valence-corrected chi connectivity index (χ3v) is 5.26. The van der Waals surface area contributed by atoms with Crippen LogP contribution in [-0.4, -0.2) is 41.6 Å². The van der Waals surface area contributed by atoms with Crippen LogP contribution in [0.4, 0.5) is 0 Å². The molecule has 1 N–H and O–H groups in total. The lowest BCUT2D eigenvalue weighted by molar-refractivity contribution is -0.143. The van der Waals surface area contributed by atoms with Gasteiger partial charge in [-0.2, -0.15) is 0 Å². The molecule has 0 aliphatic carbocycles. The van der Waals surface area contributed by atoms with E-state index in [0.717, 1.165) is 24.2 Å². The van der Waals surface area contributed by atoms with Crippen LogP contribution < -0.4 is 10.1 Å². The summed E-state index contributed by atoms with van der Waals surface area (Å²) in [7, 11) is 1.63. The molecule has 2 rings (SSSR count). The van der Waals surface area contributed by atoms with Crippen LogP contribution in [0.25, 0.3) is 0 Å². The summed E-state index contributed by atoms with van der Waals surface area (Å²) in [6, 6.07) is 9.46. The normalized spacial score (nSPS) is 11.5. The van der Waals surface area contributed by atoms with E-state index in [9.17, 15) is 9.59 Å². The first-order chi connectivity index (χ1) is 14.7. The summed E-state index contributed by atoms with van der Waals surface area (Å²) in [6.07, 6.45) is 2.40. The summed E-state index contributed by atoms with van der Waals surface area (Å²) in [6.45, 7) is 10.6. The molecule has 7 heteroatoms. The predicted octanol–water partition coefficient (Wildman–Crippen LogP) is 4.22. The fourth-order valence-electron chi connectivity index (χ4n) is 3.39. The summed E-state index contributed by atoms with van der Waals surface area (Å²) in [5.74, 6) is 1.07. The zero-order valence-electron chi connectivity index (χ0n) is 19.5. The first-order valence-corrected chi connectivity index (χ1v) is 10.9. The van der Waals surface area contributed by atoms with Gasteiger partial charge in [0.1, 0.15) is 5.75 Å². The van der Waals surface area contributed by atoms with Crippen LogP contribution in [0.1, 0.15) is 69.3 Å². The van der Waals surface area contributed by atoms with Gasteiger partial charge in [-0.3, -0.25) is 9.59 Å². The fourth-order valence-corrected chi connectivity index (χ4v) is 3.39. The van der Waals surface area contributed by atoms with Crippen molar-refractivity contribution in [1.29, 1.82) is 0 Å². The van der Waals surface area contributed by atoms with Crippen molar-refractivity contribution in [1.82, 2.24) is 15.4 Å². The minimum atomic E-state index is -0.496. The Labute approximate surface area is 185 Å². The van der Waals surface area contributed by atoms with Gasteiger partial charge in [-0.1, -0.05) is 51.9 Å². The van der Waals surface area contributed by atoms with Crippen LogP contribution in [0.5, 0.6) is 5.75 Å². The second kappa shape index (κ2) is 11.0. The summed E-state index contributed by atoms with van der Waals surface area (Å²) in [5, 5.41) is 6.77. The standard InChI is InChI=1S/C24H35N3O4/c1-7-18(8-2)27(23(29)24(3,4)5)16-20-15-21(26-31-20)22(28)25-14-13-17-9-11-19(30-6)12-10-17/h9-12,15,18H,7-8,13-14,16H2,1-6H3,(H,25,28). The number of rotatable bonds is 10. The number of carbonyl (C=O) groups excluding carboxylic acids is 2. The molecule has 0 saturated heterocycles. The summed E-state index contributed by atoms with van der Waals surface area (Å²) < 4.78 is 10.5. The van der Waals surface area contributed by atoms with Gasteiger partial charge < -0.3 is 19.5 Å². The predicted molar refractivity (Wildman–Crippen MR) is 120 cm³/mol. The topological polar surface area (TPSA) is 84.7 Å². The molecule has 170 valence electrons. The monoisotopic (exact) mass is 429 g/mol.